The molecule has 0 saturated carbocycles. The standard InChI is InChI=1S/C15H24N2O/c1-11(16)14(18)17-10-9-12-5-7-13(8-6-12)15(2,3)4/h5-8,11H,9-10,16H2,1-4H3,(H,17,18)/t11-/m1/s1. The summed E-state index contributed by atoms with van der Waals surface area (Å²) in [6.07, 6.45) is 0.836. The lowest BCUT2D eigenvalue weighted by Crippen LogP contribution is -2.39. The normalized spacial score (nSPS) is 13.2. The summed E-state index contributed by atoms with van der Waals surface area (Å²) >= 11 is 0. The molecule has 0 bridgehead atoms. The molecule has 3 N–H and O–H groups in total. The van der Waals surface area contributed by atoms with Crippen molar-refractivity contribution in [1.29, 1.82) is 0 Å². The van der Waals surface area contributed by atoms with Crippen LogP contribution in [0.25, 0.3) is 0 Å². The molecule has 1 aromatic carbocycles. The Labute approximate surface area is 110 Å². The van der Waals surface area contributed by atoms with Gasteiger partial charge in [-0.3, -0.25) is 4.79 Å². The Bertz CT molecular complexity index is 388. The van der Waals surface area contributed by atoms with Crippen molar-refractivity contribution in [3.63, 3.8) is 0 Å². The first-order chi connectivity index (χ1) is 8.30. The summed E-state index contributed by atoms with van der Waals surface area (Å²) < 4.78 is 0. The summed E-state index contributed by atoms with van der Waals surface area (Å²) in [5.41, 5.74) is 8.21. The van der Waals surface area contributed by atoms with E-state index in [9.17, 15) is 4.79 Å². The second-order valence-corrected chi connectivity index (χ2v) is 5.78. The van der Waals surface area contributed by atoms with E-state index in [2.05, 4.69) is 50.4 Å². The zero-order valence-corrected chi connectivity index (χ0v) is 11.8. The van der Waals surface area contributed by atoms with E-state index in [0.29, 0.717) is 6.54 Å². The second kappa shape index (κ2) is 6.01. The van der Waals surface area contributed by atoms with E-state index in [1.54, 1.807) is 6.92 Å². The molecule has 0 fully saturated rings. The van der Waals surface area contributed by atoms with Crippen LogP contribution in [-0.2, 0) is 16.6 Å². The summed E-state index contributed by atoms with van der Waals surface area (Å²) in [6.45, 7) is 8.92. The SMILES string of the molecule is C[C@@H](N)C(=O)NCCc1ccc(C(C)(C)C)cc1. The molecule has 1 atom stereocenters. The smallest absolute Gasteiger partial charge is 0.236 e. The van der Waals surface area contributed by atoms with Crippen LogP contribution in [0.1, 0.15) is 38.8 Å². The first-order valence-corrected chi connectivity index (χ1v) is 6.43. The highest BCUT2D eigenvalue weighted by Crippen LogP contribution is 2.22. The van der Waals surface area contributed by atoms with Gasteiger partial charge in [-0.2, -0.15) is 0 Å². The van der Waals surface area contributed by atoms with Crippen molar-refractivity contribution in [2.45, 2.75) is 45.6 Å². The third-order valence-corrected chi connectivity index (χ3v) is 2.95. The average Bonchev–Trinajstić information content (AvgIpc) is 2.28. The monoisotopic (exact) mass is 248 g/mol. The molecule has 100 valence electrons. The van der Waals surface area contributed by atoms with Crippen molar-refractivity contribution < 1.29 is 4.79 Å². The van der Waals surface area contributed by atoms with Crippen molar-refractivity contribution in [2.75, 3.05) is 6.54 Å². The van der Waals surface area contributed by atoms with Crippen molar-refractivity contribution >= 4 is 5.91 Å². The maximum absolute atomic E-state index is 11.3. The molecule has 0 spiro atoms. The lowest BCUT2D eigenvalue weighted by atomic mass is 9.86. The van der Waals surface area contributed by atoms with Crippen LogP contribution in [0.15, 0.2) is 24.3 Å². The van der Waals surface area contributed by atoms with E-state index in [4.69, 9.17) is 5.73 Å². The number of nitrogens with two attached hydrogens (primary N) is 1. The van der Waals surface area contributed by atoms with E-state index in [1.165, 1.54) is 11.1 Å². The zero-order valence-electron chi connectivity index (χ0n) is 11.8. The van der Waals surface area contributed by atoms with Crippen LogP contribution in [-0.4, -0.2) is 18.5 Å². The molecule has 1 aromatic rings. The molecule has 0 aliphatic heterocycles. The van der Waals surface area contributed by atoms with Crippen molar-refractivity contribution in [3.05, 3.63) is 35.4 Å². The van der Waals surface area contributed by atoms with E-state index in [1.807, 2.05) is 0 Å². The number of nitrogens with one attached hydrogen (secondary N) is 1. The van der Waals surface area contributed by atoms with Crippen LogP contribution < -0.4 is 11.1 Å². The summed E-state index contributed by atoms with van der Waals surface area (Å²) in [5.74, 6) is -0.0960. The minimum Gasteiger partial charge on any atom is -0.354 e. The fourth-order valence-electron chi connectivity index (χ4n) is 1.66. The number of carbonyl (C=O) groups is 1. The average molecular weight is 248 g/mol. The van der Waals surface area contributed by atoms with Crippen molar-refractivity contribution in [1.82, 2.24) is 5.32 Å². The highest BCUT2D eigenvalue weighted by molar-refractivity contribution is 5.80. The molecule has 0 unspecified atom stereocenters. The summed E-state index contributed by atoms with van der Waals surface area (Å²) in [4.78, 5) is 11.3. The number of amides is 1. The largest absolute Gasteiger partial charge is 0.354 e. The van der Waals surface area contributed by atoms with Gasteiger partial charge in [-0.15, -0.1) is 0 Å². The highest BCUT2D eigenvalue weighted by atomic mass is 16.2. The maximum Gasteiger partial charge on any atom is 0.236 e. The van der Waals surface area contributed by atoms with Gasteiger partial charge in [0.2, 0.25) is 5.91 Å². The minimum absolute atomic E-state index is 0.0960. The minimum atomic E-state index is -0.437. The molecule has 0 aliphatic rings. The topological polar surface area (TPSA) is 55.1 Å². The lowest BCUT2D eigenvalue weighted by Gasteiger charge is -2.19. The molecule has 3 heteroatoms. The Hall–Kier alpha value is -1.35. The van der Waals surface area contributed by atoms with E-state index in [-0.39, 0.29) is 11.3 Å². The second-order valence-electron chi connectivity index (χ2n) is 5.78. The van der Waals surface area contributed by atoms with Crippen molar-refractivity contribution in [3.8, 4) is 0 Å². The van der Waals surface area contributed by atoms with E-state index >= 15 is 0 Å². The van der Waals surface area contributed by atoms with Gasteiger partial charge in [-0.05, 0) is 29.9 Å². The number of benzene rings is 1. The number of hydrogen-bond acceptors (Lipinski definition) is 2. The molecular formula is C15H24N2O. The molecule has 1 amide bonds. The van der Waals surface area contributed by atoms with Gasteiger partial charge in [0, 0.05) is 6.54 Å². The summed E-state index contributed by atoms with van der Waals surface area (Å²) in [6, 6.07) is 8.12. The Morgan fingerprint density at radius 1 is 1.28 bits per heavy atom. The van der Waals surface area contributed by atoms with Crippen LogP contribution in [0.5, 0.6) is 0 Å². The molecule has 3 nitrogen and oxygen atoms in total. The Kier molecular flexibility index (Phi) is 4.91. The summed E-state index contributed by atoms with van der Waals surface area (Å²) in [7, 11) is 0. The van der Waals surface area contributed by atoms with Gasteiger partial charge in [0.15, 0.2) is 0 Å². The zero-order chi connectivity index (χ0) is 13.8. The molecule has 1 rings (SSSR count). The quantitative estimate of drug-likeness (QED) is 0.856. The maximum atomic E-state index is 11.3. The lowest BCUT2D eigenvalue weighted by molar-refractivity contribution is -0.121. The number of carbonyl (C=O) groups excluding carboxylic acids is 1. The van der Waals surface area contributed by atoms with Crippen LogP contribution in [0.3, 0.4) is 0 Å². The van der Waals surface area contributed by atoms with Gasteiger partial charge in [0.1, 0.15) is 0 Å². The van der Waals surface area contributed by atoms with Crippen LogP contribution >= 0.6 is 0 Å². The third kappa shape index (κ3) is 4.49. The van der Waals surface area contributed by atoms with Gasteiger partial charge >= 0.3 is 0 Å². The molecule has 0 aliphatic carbocycles. The van der Waals surface area contributed by atoms with E-state index in [0.717, 1.165) is 6.42 Å². The molecule has 18 heavy (non-hydrogen) atoms. The third-order valence-electron chi connectivity index (χ3n) is 2.95. The highest BCUT2D eigenvalue weighted by Gasteiger charge is 2.12. The van der Waals surface area contributed by atoms with Gasteiger partial charge in [-0.1, -0.05) is 45.0 Å². The molecular weight excluding hydrogens is 224 g/mol. The van der Waals surface area contributed by atoms with Crippen molar-refractivity contribution in [2.24, 2.45) is 5.73 Å². The summed E-state index contributed by atoms with van der Waals surface area (Å²) in [5, 5.41) is 2.81. The molecule has 0 saturated heterocycles. The molecule has 0 aromatic heterocycles. The van der Waals surface area contributed by atoms with Crippen LogP contribution in [0, 0.1) is 0 Å². The Morgan fingerprint density at radius 3 is 2.28 bits per heavy atom. The fourth-order valence-corrected chi connectivity index (χ4v) is 1.66. The molecule has 0 radical (unpaired) electrons. The first-order valence-electron chi connectivity index (χ1n) is 6.43. The molecule has 0 heterocycles. The fraction of sp³-hybridized carbons (Fsp3) is 0.533. The van der Waals surface area contributed by atoms with Crippen LogP contribution in [0.2, 0.25) is 0 Å². The number of hydrogen-bond donors (Lipinski definition) is 2. The number of rotatable bonds is 4. The van der Waals surface area contributed by atoms with Gasteiger partial charge in [-0.25, -0.2) is 0 Å². The van der Waals surface area contributed by atoms with Gasteiger partial charge in [0.05, 0.1) is 6.04 Å². The van der Waals surface area contributed by atoms with E-state index < -0.39 is 6.04 Å². The predicted molar refractivity (Wildman–Crippen MR) is 75.5 cm³/mol. The van der Waals surface area contributed by atoms with Gasteiger partial charge < -0.3 is 11.1 Å². The predicted octanol–water partition coefficient (Wildman–Crippen LogP) is 1.99. The first kappa shape index (κ1) is 14.7. The Morgan fingerprint density at radius 2 is 1.83 bits per heavy atom. The van der Waals surface area contributed by atoms with Crippen LogP contribution in [0.4, 0.5) is 0 Å². The Balaban J connectivity index is 2.47. The van der Waals surface area contributed by atoms with Gasteiger partial charge in [0.25, 0.3) is 0 Å².